The SMILES string of the molecule is C[C@H]1[C@H](O)CC[C@H]2C[C@@H]([C@H](O)CCCCCC[C@@H](O)CC(=O)O)CCN21. The van der Waals surface area contributed by atoms with Crippen LogP contribution in [0.2, 0.25) is 0 Å². The minimum atomic E-state index is -0.950. The van der Waals surface area contributed by atoms with Gasteiger partial charge in [-0.3, -0.25) is 9.69 Å². The van der Waals surface area contributed by atoms with Gasteiger partial charge in [0, 0.05) is 12.1 Å². The lowest BCUT2D eigenvalue weighted by Gasteiger charge is -2.48. The average molecular weight is 372 g/mol. The van der Waals surface area contributed by atoms with E-state index in [9.17, 15) is 20.1 Å². The van der Waals surface area contributed by atoms with Gasteiger partial charge in [-0.15, -0.1) is 0 Å². The lowest BCUT2D eigenvalue weighted by molar-refractivity contribution is -0.139. The number of aliphatic carboxylic acids is 1. The number of hydrogen-bond acceptors (Lipinski definition) is 5. The summed E-state index contributed by atoms with van der Waals surface area (Å²) < 4.78 is 0. The number of nitrogens with zero attached hydrogens (tertiary/aromatic N) is 1. The Morgan fingerprint density at radius 2 is 1.77 bits per heavy atom. The van der Waals surface area contributed by atoms with E-state index < -0.39 is 12.1 Å². The van der Waals surface area contributed by atoms with Crippen LogP contribution in [0.4, 0.5) is 0 Å². The zero-order valence-corrected chi connectivity index (χ0v) is 16.1. The van der Waals surface area contributed by atoms with Crippen molar-refractivity contribution in [1.29, 1.82) is 0 Å². The molecular weight excluding hydrogens is 334 g/mol. The quantitative estimate of drug-likeness (QED) is 0.439. The van der Waals surface area contributed by atoms with Crippen molar-refractivity contribution < 1.29 is 25.2 Å². The second kappa shape index (κ2) is 10.6. The van der Waals surface area contributed by atoms with Crippen LogP contribution in [-0.4, -0.2) is 68.2 Å². The molecule has 4 N–H and O–H groups in total. The Balaban J connectivity index is 1.58. The minimum absolute atomic E-state index is 0.172. The Morgan fingerprint density at radius 3 is 2.46 bits per heavy atom. The second-order valence-electron chi connectivity index (χ2n) is 8.37. The predicted octanol–water partition coefficient (Wildman–Crippen LogP) is 2.15. The fourth-order valence-electron chi connectivity index (χ4n) is 4.72. The first-order valence-corrected chi connectivity index (χ1v) is 10.4. The molecule has 6 nitrogen and oxygen atoms in total. The molecule has 0 aliphatic carbocycles. The molecule has 26 heavy (non-hydrogen) atoms. The number of piperidine rings is 2. The van der Waals surface area contributed by atoms with Crippen LogP contribution in [0.3, 0.4) is 0 Å². The van der Waals surface area contributed by atoms with Gasteiger partial charge in [0.05, 0.1) is 24.7 Å². The number of aliphatic hydroxyl groups excluding tert-OH is 3. The lowest BCUT2D eigenvalue weighted by atomic mass is 9.79. The van der Waals surface area contributed by atoms with E-state index in [1.165, 1.54) is 0 Å². The van der Waals surface area contributed by atoms with Crippen molar-refractivity contribution in [3.63, 3.8) is 0 Å². The second-order valence-corrected chi connectivity index (χ2v) is 8.37. The van der Waals surface area contributed by atoms with Gasteiger partial charge in [-0.05, 0) is 57.9 Å². The van der Waals surface area contributed by atoms with E-state index in [-0.39, 0.29) is 24.7 Å². The van der Waals surface area contributed by atoms with Crippen molar-refractivity contribution in [2.24, 2.45) is 5.92 Å². The van der Waals surface area contributed by atoms with Crippen molar-refractivity contribution in [2.45, 2.75) is 108 Å². The first kappa shape index (κ1) is 21.6. The summed E-state index contributed by atoms with van der Waals surface area (Å²) in [5, 5.41) is 38.7. The molecule has 0 unspecified atom stereocenters. The van der Waals surface area contributed by atoms with E-state index in [0.29, 0.717) is 18.4 Å². The summed E-state index contributed by atoms with van der Waals surface area (Å²) in [7, 11) is 0. The molecule has 0 radical (unpaired) electrons. The summed E-state index contributed by atoms with van der Waals surface area (Å²) in [6.45, 7) is 3.09. The van der Waals surface area contributed by atoms with E-state index in [1.54, 1.807) is 0 Å². The number of carboxylic acids is 1. The highest BCUT2D eigenvalue weighted by Gasteiger charge is 2.39. The van der Waals surface area contributed by atoms with E-state index in [2.05, 4.69) is 11.8 Å². The van der Waals surface area contributed by atoms with Gasteiger partial charge < -0.3 is 20.4 Å². The smallest absolute Gasteiger partial charge is 0.305 e. The molecule has 6 heteroatoms. The maximum atomic E-state index is 10.6. The molecule has 2 saturated heterocycles. The van der Waals surface area contributed by atoms with Crippen LogP contribution in [0.5, 0.6) is 0 Å². The van der Waals surface area contributed by atoms with E-state index >= 15 is 0 Å². The topological polar surface area (TPSA) is 101 Å². The van der Waals surface area contributed by atoms with Crippen LogP contribution in [0.1, 0.15) is 77.6 Å². The fourth-order valence-corrected chi connectivity index (χ4v) is 4.72. The van der Waals surface area contributed by atoms with Gasteiger partial charge in [0.2, 0.25) is 0 Å². The van der Waals surface area contributed by atoms with Crippen molar-refractivity contribution in [1.82, 2.24) is 4.90 Å². The molecule has 0 aromatic carbocycles. The number of hydrogen-bond donors (Lipinski definition) is 4. The molecule has 2 aliphatic heterocycles. The van der Waals surface area contributed by atoms with Crippen LogP contribution < -0.4 is 0 Å². The summed E-state index contributed by atoms with van der Waals surface area (Å²) in [5.74, 6) is -0.579. The molecular formula is C20H37NO5. The average Bonchev–Trinajstić information content (AvgIpc) is 2.60. The molecule has 2 aliphatic rings. The zero-order chi connectivity index (χ0) is 19.1. The highest BCUT2D eigenvalue weighted by atomic mass is 16.4. The third kappa shape index (κ3) is 6.48. The van der Waals surface area contributed by atoms with Crippen LogP contribution in [0.25, 0.3) is 0 Å². The molecule has 2 fully saturated rings. The van der Waals surface area contributed by atoms with Gasteiger partial charge in [0.1, 0.15) is 0 Å². The maximum Gasteiger partial charge on any atom is 0.305 e. The van der Waals surface area contributed by atoms with Crippen molar-refractivity contribution in [2.75, 3.05) is 6.54 Å². The van der Waals surface area contributed by atoms with Crippen molar-refractivity contribution >= 4 is 5.97 Å². The van der Waals surface area contributed by atoms with Gasteiger partial charge in [-0.25, -0.2) is 0 Å². The molecule has 2 rings (SSSR count). The molecule has 6 atom stereocenters. The van der Waals surface area contributed by atoms with Crippen molar-refractivity contribution in [3.05, 3.63) is 0 Å². The third-order valence-corrected chi connectivity index (χ3v) is 6.42. The van der Waals surface area contributed by atoms with Gasteiger partial charge >= 0.3 is 5.97 Å². The van der Waals surface area contributed by atoms with Crippen molar-refractivity contribution in [3.8, 4) is 0 Å². The summed E-state index contributed by atoms with van der Waals surface area (Å²) in [6.07, 6.45) is 7.78. The predicted molar refractivity (Wildman–Crippen MR) is 99.9 cm³/mol. The van der Waals surface area contributed by atoms with Crippen LogP contribution in [0.15, 0.2) is 0 Å². The summed E-state index contributed by atoms with van der Waals surface area (Å²) in [5.41, 5.74) is 0. The van der Waals surface area contributed by atoms with Gasteiger partial charge in [-0.1, -0.05) is 25.7 Å². The first-order chi connectivity index (χ1) is 12.4. The number of carboxylic acid groups (broad SMARTS) is 1. The molecule has 0 spiro atoms. The van der Waals surface area contributed by atoms with Crippen LogP contribution in [0, 0.1) is 5.92 Å². The highest BCUT2D eigenvalue weighted by Crippen LogP contribution is 2.35. The van der Waals surface area contributed by atoms with Gasteiger partial charge in [0.25, 0.3) is 0 Å². The Hall–Kier alpha value is -0.690. The molecule has 2 heterocycles. The largest absolute Gasteiger partial charge is 0.481 e. The lowest BCUT2D eigenvalue weighted by Crippen LogP contribution is -2.56. The molecule has 0 bridgehead atoms. The van der Waals surface area contributed by atoms with E-state index in [1.807, 2.05) is 0 Å². The maximum absolute atomic E-state index is 10.6. The number of rotatable bonds is 10. The normalized spacial score (nSPS) is 32.0. The minimum Gasteiger partial charge on any atom is -0.481 e. The first-order valence-electron chi connectivity index (χ1n) is 10.4. The number of unbranched alkanes of at least 4 members (excludes halogenated alkanes) is 3. The van der Waals surface area contributed by atoms with E-state index in [0.717, 1.165) is 64.3 Å². The number of aliphatic hydroxyl groups is 3. The number of fused-ring (bicyclic) bond motifs is 1. The Bertz CT molecular complexity index is 432. The van der Waals surface area contributed by atoms with Crippen LogP contribution in [-0.2, 0) is 4.79 Å². The molecule has 0 amide bonds. The highest BCUT2D eigenvalue weighted by molar-refractivity contribution is 5.67. The third-order valence-electron chi connectivity index (χ3n) is 6.42. The Labute approximate surface area is 157 Å². The Morgan fingerprint density at radius 1 is 1.08 bits per heavy atom. The summed E-state index contributed by atoms with van der Waals surface area (Å²) in [4.78, 5) is 12.9. The summed E-state index contributed by atoms with van der Waals surface area (Å²) in [6, 6.07) is 0.751. The molecule has 0 aromatic heterocycles. The molecule has 152 valence electrons. The monoisotopic (exact) mass is 371 g/mol. The van der Waals surface area contributed by atoms with E-state index in [4.69, 9.17) is 5.11 Å². The molecule has 0 aromatic rings. The Kier molecular flexibility index (Phi) is 8.80. The fraction of sp³-hybridized carbons (Fsp3) is 0.950. The van der Waals surface area contributed by atoms with Gasteiger partial charge in [0.15, 0.2) is 0 Å². The molecule has 0 saturated carbocycles. The summed E-state index contributed by atoms with van der Waals surface area (Å²) >= 11 is 0. The standard InChI is InChI=1S/C20H37NO5/c1-14-18(23)9-8-16-12-15(10-11-21(14)16)19(24)7-5-3-2-4-6-17(22)13-20(25)26/h14-19,22-24H,2-13H2,1H3,(H,25,26)/t14-,15-,16-,17+,18+,19+/m0/s1. The van der Waals surface area contributed by atoms with Crippen LogP contribution >= 0.6 is 0 Å². The number of carbonyl (C=O) groups is 1. The van der Waals surface area contributed by atoms with Gasteiger partial charge in [-0.2, -0.15) is 0 Å². The zero-order valence-electron chi connectivity index (χ0n) is 16.1.